The molecular weight excluding hydrogens is 298 g/mol. The fourth-order valence-electron chi connectivity index (χ4n) is 3.08. The van der Waals surface area contributed by atoms with E-state index in [0.29, 0.717) is 13.2 Å². The lowest BCUT2D eigenvalue weighted by Gasteiger charge is -2.18. The average molecular weight is 313 g/mol. The molecule has 0 saturated heterocycles. The summed E-state index contributed by atoms with van der Waals surface area (Å²) in [5, 5.41) is 3.41. The number of rotatable bonds is 1. The van der Waals surface area contributed by atoms with Crippen molar-refractivity contribution in [3.05, 3.63) is 35.0 Å². The Hall–Kier alpha value is -2.05. The largest absolute Gasteiger partial charge is 0.486 e. The van der Waals surface area contributed by atoms with Crippen LogP contribution in [0.5, 0.6) is 11.5 Å². The van der Waals surface area contributed by atoms with Gasteiger partial charge in [0.1, 0.15) is 13.2 Å². The molecule has 2 aliphatic rings. The molecule has 2 aromatic heterocycles. The van der Waals surface area contributed by atoms with E-state index in [4.69, 9.17) is 14.5 Å². The predicted octanol–water partition coefficient (Wildman–Crippen LogP) is 2.48. The Morgan fingerprint density at radius 1 is 1.18 bits per heavy atom. The lowest BCUT2D eigenvalue weighted by atomic mass is 10.1. The van der Waals surface area contributed by atoms with E-state index in [1.165, 1.54) is 10.6 Å². The molecule has 1 N–H and O–H groups in total. The van der Waals surface area contributed by atoms with Crippen LogP contribution in [0.25, 0.3) is 16.2 Å². The van der Waals surface area contributed by atoms with Gasteiger partial charge in [0.15, 0.2) is 16.5 Å². The number of hydrogen-bond acceptors (Lipinski definition) is 5. The van der Waals surface area contributed by atoms with Crippen LogP contribution in [0.4, 0.5) is 0 Å². The summed E-state index contributed by atoms with van der Waals surface area (Å²) in [5.41, 5.74) is 3.46. The highest BCUT2D eigenvalue weighted by atomic mass is 32.1. The zero-order chi connectivity index (χ0) is 14.5. The second-order valence-corrected chi connectivity index (χ2v) is 6.60. The molecule has 0 bridgehead atoms. The number of hydrogen-bond donors (Lipinski definition) is 1. The highest BCUT2D eigenvalue weighted by Crippen LogP contribution is 2.35. The van der Waals surface area contributed by atoms with Gasteiger partial charge in [0.2, 0.25) is 0 Å². The first-order valence-electron chi connectivity index (χ1n) is 7.49. The number of aromatic nitrogens is 2. The maximum Gasteiger partial charge on any atom is 0.194 e. The van der Waals surface area contributed by atoms with Gasteiger partial charge in [0, 0.05) is 41.8 Å². The normalized spacial score (nSPS) is 16.7. The van der Waals surface area contributed by atoms with E-state index in [9.17, 15) is 0 Å². The van der Waals surface area contributed by atoms with E-state index in [1.807, 2.05) is 18.2 Å². The van der Waals surface area contributed by atoms with Gasteiger partial charge in [0.25, 0.3) is 0 Å². The van der Waals surface area contributed by atoms with Gasteiger partial charge in [-0.25, -0.2) is 4.98 Å². The second-order valence-electron chi connectivity index (χ2n) is 5.54. The van der Waals surface area contributed by atoms with Crippen molar-refractivity contribution in [1.29, 1.82) is 0 Å². The van der Waals surface area contributed by atoms with Crippen LogP contribution in [0.3, 0.4) is 0 Å². The van der Waals surface area contributed by atoms with Crippen molar-refractivity contribution in [2.45, 2.75) is 13.0 Å². The minimum atomic E-state index is 0.606. The molecule has 0 amide bonds. The molecule has 22 heavy (non-hydrogen) atoms. The van der Waals surface area contributed by atoms with Gasteiger partial charge in [-0.1, -0.05) is 11.3 Å². The molecule has 0 aliphatic carbocycles. The van der Waals surface area contributed by atoms with Crippen LogP contribution < -0.4 is 14.8 Å². The van der Waals surface area contributed by atoms with Crippen LogP contribution >= 0.6 is 11.3 Å². The molecule has 3 aromatic rings. The van der Waals surface area contributed by atoms with E-state index in [0.717, 1.165) is 47.2 Å². The first-order valence-corrected chi connectivity index (χ1v) is 8.30. The van der Waals surface area contributed by atoms with Gasteiger partial charge in [0.05, 0.1) is 5.69 Å². The van der Waals surface area contributed by atoms with E-state index in [1.54, 1.807) is 11.3 Å². The molecule has 0 saturated carbocycles. The first-order chi connectivity index (χ1) is 10.9. The molecule has 0 fully saturated rings. The molecule has 5 rings (SSSR count). The van der Waals surface area contributed by atoms with Crippen LogP contribution in [0, 0.1) is 0 Å². The Bertz CT molecular complexity index is 868. The van der Waals surface area contributed by atoms with Crippen molar-refractivity contribution in [1.82, 2.24) is 14.7 Å². The predicted molar refractivity (Wildman–Crippen MR) is 84.9 cm³/mol. The standard InChI is InChI=1S/C16H15N3O2S/c1-2-13-14(21-6-5-20-13)7-10(1)11-9-19-12-3-4-17-8-15(12)22-16(19)18-11/h1-2,7,9,17H,3-6,8H2. The van der Waals surface area contributed by atoms with E-state index in [2.05, 4.69) is 15.9 Å². The van der Waals surface area contributed by atoms with Crippen LogP contribution in [-0.2, 0) is 13.0 Å². The van der Waals surface area contributed by atoms with Crippen LogP contribution in [0.15, 0.2) is 24.4 Å². The molecule has 1 aromatic carbocycles. The van der Waals surface area contributed by atoms with Crippen LogP contribution in [0.1, 0.15) is 10.6 Å². The third kappa shape index (κ3) is 1.84. The Morgan fingerprint density at radius 2 is 2.09 bits per heavy atom. The quantitative estimate of drug-likeness (QED) is 0.750. The molecule has 6 heteroatoms. The number of fused-ring (bicyclic) bond motifs is 4. The Morgan fingerprint density at radius 3 is 3.05 bits per heavy atom. The zero-order valence-corrected chi connectivity index (χ0v) is 12.8. The maximum atomic E-state index is 5.67. The summed E-state index contributed by atoms with van der Waals surface area (Å²) in [6, 6.07) is 6.04. The SMILES string of the molecule is c1cc2c(cc1-c1cn3c4c(sc3n1)CNCC4)OCCO2. The minimum Gasteiger partial charge on any atom is -0.486 e. The third-order valence-electron chi connectivity index (χ3n) is 4.16. The van der Waals surface area contributed by atoms with Gasteiger partial charge in [-0.2, -0.15) is 0 Å². The first kappa shape index (κ1) is 12.5. The maximum absolute atomic E-state index is 5.67. The third-order valence-corrected chi connectivity index (χ3v) is 5.26. The molecule has 5 nitrogen and oxygen atoms in total. The molecule has 112 valence electrons. The summed E-state index contributed by atoms with van der Waals surface area (Å²) in [5.74, 6) is 1.63. The molecule has 0 atom stereocenters. The molecule has 4 heterocycles. The number of benzene rings is 1. The van der Waals surface area contributed by atoms with Crippen LogP contribution in [-0.4, -0.2) is 29.1 Å². The van der Waals surface area contributed by atoms with E-state index in [-0.39, 0.29) is 0 Å². The smallest absolute Gasteiger partial charge is 0.194 e. The second kappa shape index (κ2) is 4.72. The van der Waals surface area contributed by atoms with Crippen molar-refractivity contribution in [3.63, 3.8) is 0 Å². The summed E-state index contributed by atoms with van der Waals surface area (Å²) in [7, 11) is 0. The fourth-order valence-corrected chi connectivity index (χ4v) is 4.20. The monoisotopic (exact) mass is 313 g/mol. The van der Waals surface area contributed by atoms with Gasteiger partial charge in [-0.05, 0) is 18.2 Å². The van der Waals surface area contributed by atoms with Crippen molar-refractivity contribution < 1.29 is 9.47 Å². The molecule has 2 aliphatic heterocycles. The molecule has 0 unspecified atom stereocenters. The Kier molecular flexibility index (Phi) is 2.68. The molecule has 0 radical (unpaired) electrons. The van der Waals surface area contributed by atoms with E-state index >= 15 is 0 Å². The number of thiazole rings is 1. The zero-order valence-electron chi connectivity index (χ0n) is 12.0. The topological polar surface area (TPSA) is 47.8 Å². The number of nitrogens with zero attached hydrogens (tertiary/aromatic N) is 2. The lowest BCUT2D eigenvalue weighted by molar-refractivity contribution is 0.171. The lowest BCUT2D eigenvalue weighted by Crippen LogP contribution is -2.23. The highest BCUT2D eigenvalue weighted by molar-refractivity contribution is 7.17. The summed E-state index contributed by atoms with van der Waals surface area (Å²) < 4.78 is 13.5. The van der Waals surface area contributed by atoms with Crippen LogP contribution in [0.2, 0.25) is 0 Å². The number of ether oxygens (including phenoxy) is 2. The highest BCUT2D eigenvalue weighted by Gasteiger charge is 2.19. The van der Waals surface area contributed by atoms with Gasteiger partial charge in [-0.3, -0.25) is 4.40 Å². The minimum absolute atomic E-state index is 0.606. The van der Waals surface area contributed by atoms with Crippen molar-refractivity contribution in [2.75, 3.05) is 19.8 Å². The number of nitrogens with one attached hydrogen (secondary N) is 1. The molecular formula is C16H15N3O2S. The van der Waals surface area contributed by atoms with Gasteiger partial charge in [-0.15, -0.1) is 0 Å². The van der Waals surface area contributed by atoms with Gasteiger partial charge < -0.3 is 14.8 Å². The Balaban J connectivity index is 1.60. The fraction of sp³-hybridized carbons (Fsp3) is 0.312. The van der Waals surface area contributed by atoms with Gasteiger partial charge >= 0.3 is 0 Å². The Labute approximate surface area is 131 Å². The van der Waals surface area contributed by atoms with Crippen molar-refractivity contribution in [3.8, 4) is 22.8 Å². The number of imidazole rings is 1. The average Bonchev–Trinajstić information content (AvgIpc) is 3.12. The summed E-state index contributed by atoms with van der Waals surface area (Å²) in [6.45, 7) is 3.22. The molecule has 0 spiro atoms. The summed E-state index contributed by atoms with van der Waals surface area (Å²) in [4.78, 5) is 7.27. The van der Waals surface area contributed by atoms with E-state index < -0.39 is 0 Å². The summed E-state index contributed by atoms with van der Waals surface area (Å²) >= 11 is 1.78. The van der Waals surface area contributed by atoms with Crippen molar-refractivity contribution in [2.24, 2.45) is 0 Å². The van der Waals surface area contributed by atoms with Crippen molar-refractivity contribution >= 4 is 16.3 Å². The summed E-state index contributed by atoms with van der Waals surface area (Å²) in [6.07, 6.45) is 3.20.